The molecule has 0 spiro atoms. The van der Waals surface area contributed by atoms with E-state index < -0.39 is 0 Å². The van der Waals surface area contributed by atoms with Gasteiger partial charge >= 0.3 is 0 Å². The number of anilines is 1. The molecule has 19 heavy (non-hydrogen) atoms. The van der Waals surface area contributed by atoms with Crippen molar-refractivity contribution in [1.29, 1.82) is 5.26 Å². The fraction of sp³-hybridized carbons (Fsp3) is 0. The summed E-state index contributed by atoms with van der Waals surface area (Å²) in [6, 6.07) is 8.85. The number of nitrogens with zero attached hydrogens (tertiary/aromatic N) is 4. The van der Waals surface area contributed by atoms with Crippen LogP contribution < -0.4 is 11.3 Å². The second-order valence-corrected chi connectivity index (χ2v) is 3.87. The average Bonchev–Trinajstić information content (AvgIpc) is 2.80. The minimum absolute atomic E-state index is 0.140. The van der Waals surface area contributed by atoms with E-state index in [0.717, 1.165) is 0 Å². The van der Waals surface area contributed by atoms with E-state index in [9.17, 15) is 4.79 Å². The van der Waals surface area contributed by atoms with Crippen molar-refractivity contribution in [3.05, 3.63) is 46.4 Å². The molecule has 7 nitrogen and oxygen atoms in total. The molecule has 0 atom stereocenters. The quantitative estimate of drug-likeness (QED) is 0.657. The van der Waals surface area contributed by atoms with Gasteiger partial charge in [0.2, 0.25) is 5.95 Å². The van der Waals surface area contributed by atoms with Gasteiger partial charge in [-0.1, -0.05) is 12.1 Å². The monoisotopic (exact) mass is 252 g/mol. The summed E-state index contributed by atoms with van der Waals surface area (Å²) < 4.78 is 1.23. The number of nitriles is 1. The molecule has 0 saturated carbocycles. The van der Waals surface area contributed by atoms with Crippen LogP contribution in [0.5, 0.6) is 0 Å². The van der Waals surface area contributed by atoms with E-state index >= 15 is 0 Å². The number of nitrogens with two attached hydrogens (primary N) is 1. The number of rotatable bonds is 1. The molecule has 0 radical (unpaired) electrons. The van der Waals surface area contributed by atoms with Crippen molar-refractivity contribution in [2.45, 2.75) is 0 Å². The molecular weight excluding hydrogens is 244 g/mol. The summed E-state index contributed by atoms with van der Waals surface area (Å²) >= 11 is 0. The molecule has 0 saturated heterocycles. The van der Waals surface area contributed by atoms with E-state index in [0.29, 0.717) is 10.9 Å². The SMILES string of the molecule is N#Cc1cnn(-c2nc3ccccc3c(=O)[nH]2)c1N. The lowest BCUT2D eigenvalue weighted by atomic mass is 10.2. The Morgan fingerprint density at radius 3 is 2.89 bits per heavy atom. The molecule has 0 aliphatic heterocycles. The van der Waals surface area contributed by atoms with Crippen molar-refractivity contribution in [3.8, 4) is 12.0 Å². The Kier molecular flexibility index (Phi) is 2.29. The Hall–Kier alpha value is -3.14. The maximum absolute atomic E-state index is 11.9. The van der Waals surface area contributed by atoms with Crippen LogP contribution in [-0.4, -0.2) is 19.7 Å². The highest BCUT2D eigenvalue weighted by molar-refractivity contribution is 5.77. The van der Waals surface area contributed by atoms with Crippen LogP contribution >= 0.6 is 0 Å². The normalized spacial score (nSPS) is 10.5. The molecular formula is C12H8N6O. The van der Waals surface area contributed by atoms with Gasteiger partial charge in [0.25, 0.3) is 5.56 Å². The minimum Gasteiger partial charge on any atom is -0.382 e. The third kappa shape index (κ3) is 1.63. The first-order valence-electron chi connectivity index (χ1n) is 5.44. The van der Waals surface area contributed by atoms with Crippen molar-refractivity contribution in [2.75, 3.05) is 5.73 Å². The fourth-order valence-corrected chi connectivity index (χ4v) is 1.79. The van der Waals surface area contributed by atoms with Crippen LogP contribution in [0.25, 0.3) is 16.9 Å². The predicted octanol–water partition coefficient (Wildman–Crippen LogP) is 0.563. The van der Waals surface area contributed by atoms with Gasteiger partial charge in [0, 0.05) is 0 Å². The maximum Gasteiger partial charge on any atom is 0.260 e. The first-order chi connectivity index (χ1) is 9.20. The zero-order chi connectivity index (χ0) is 13.4. The number of benzene rings is 1. The van der Waals surface area contributed by atoms with Gasteiger partial charge in [-0.15, -0.1) is 0 Å². The lowest BCUT2D eigenvalue weighted by Crippen LogP contribution is -2.15. The summed E-state index contributed by atoms with van der Waals surface area (Å²) in [4.78, 5) is 18.8. The van der Waals surface area contributed by atoms with E-state index in [1.165, 1.54) is 10.9 Å². The summed E-state index contributed by atoms with van der Waals surface area (Å²) in [5.41, 5.74) is 6.24. The molecule has 0 amide bonds. The standard InChI is InChI=1S/C12H8N6O/c13-5-7-6-15-18(10(7)14)12-16-9-4-2-1-3-8(9)11(19)17-12/h1-4,6H,14H2,(H,16,17,19). The smallest absolute Gasteiger partial charge is 0.260 e. The van der Waals surface area contributed by atoms with Gasteiger partial charge in [0.1, 0.15) is 17.5 Å². The summed E-state index contributed by atoms with van der Waals surface area (Å²) in [5.74, 6) is 0.323. The Morgan fingerprint density at radius 1 is 1.37 bits per heavy atom. The van der Waals surface area contributed by atoms with Gasteiger partial charge in [-0.2, -0.15) is 15.0 Å². The molecule has 3 aromatic rings. The van der Waals surface area contributed by atoms with Gasteiger partial charge in [0.15, 0.2) is 0 Å². The zero-order valence-corrected chi connectivity index (χ0v) is 9.66. The number of hydrogen-bond donors (Lipinski definition) is 2. The van der Waals surface area contributed by atoms with Crippen LogP contribution in [0.15, 0.2) is 35.3 Å². The van der Waals surface area contributed by atoms with E-state index in [2.05, 4.69) is 15.1 Å². The molecule has 0 unspecified atom stereocenters. The van der Waals surface area contributed by atoms with Crippen molar-refractivity contribution in [1.82, 2.24) is 19.7 Å². The van der Waals surface area contributed by atoms with Gasteiger partial charge in [0.05, 0.1) is 17.1 Å². The number of hydrogen-bond acceptors (Lipinski definition) is 5. The van der Waals surface area contributed by atoms with Crippen molar-refractivity contribution in [2.24, 2.45) is 0 Å². The molecule has 0 aliphatic rings. The first kappa shape index (κ1) is 11.0. The third-order valence-corrected chi connectivity index (χ3v) is 2.73. The second kappa shape index (κ2) is 3.96. The summed E-state index contributed by atoms with van der Waals surface area (Å²) in [6.45, 7) is 0. The van der Waals surface area contributed by atoms with Crippen molar-refractivity contribution < 1.29 is 0 Å². The number of aromatic amines is 1. The highest BCUT2D eigenvalue weighted by Crippen LogP contribution is 2.14. The third-order valence-electron chi connectivity index (χ3n) is 2.73. The molecule has 2 heterocycles. The summed E-state index contributed by atoms with van der Waals surface area (Å²) in [7, 11) is 0. The predicted molar refractivity (Wildman–Crippen MR) is 68.6 cm³/mol. The van der Waals surface area contributed by atoms with Gasteiger partial charge in [-0.3, -0.25) is 9.78 Å². The molecule has 92 valence electrons. The number of nitrogens with one attached hydrogen (secondary N) is 1. The number of nitrogen functional groups attached to an aromatic ring is 1. The Balaban J connectivity index is 2.29. The van der Waals surface area contributed by atoms with Gasteiger partial charge in [-0.25, -0.2) is 4.98 Å². The highest BCUT2D eigenvalue weighted by Gasteiger charge is 2.11. The number of para-hydroxylation sites is 1. The molecule has 7 heteroatoms. The first-order valence-corrected chi connectivity index (χ1v) is 5.44. The van der Waals surface area contributed by atoms with Crippen LogP contribution in [0.4, 0.5) is 5.82 Å². The van der Waals surface area contributed by atoms with E-state index in [1.54, 1.807) is 24.3 Å². The molecule has 3 rings (SSSR count). The van der Waals surface area contributed by atoms with Crippen LogP contribution in [0.3, 0.4) is 0 Å². The van der Waals surface area contributed by atoms with Crippen molar-refractivity contribution >= 4 is 16.7 Å². The molecule has 3 N–H and O–H groups in total. The van der Waals surface area contributed by atoms with Crippen LogP contribution in [0.2, 0.25) is 0 Å². The zero-order valence-electron chi connectivity index (χ0n) is 9.66. The number of H-pyrrole nitrogens is 1. The molecule has 0 bridgehead atoms. The lowest BCUT2D eigenvalue weighted by Gasteiger charge is -2.04. The highest BCUT2D eigenvalue weighted by atomic mass is 16.1. The van der Waals surface area contributed by atoms with Crippen LogP contribution in [-0.2, 0) is 0 Å². The largest absolute Gasteiger partial charge is 0.382 e. The average molecular weight is 252 g/mol. The van der Waals surface area contributed by atoms with Gasteiger partial charge in [-0.05, 0) is 12.1 Å². The van der Waals surface area contributed by atoms with E-state index in [1.807, 2.05) is 6.07 Å². The lowest BCUT2D eigenvalue weighted by molar-refractivity contribution is 0.819. The number of fused-ring (bicyclic) bond motifs is 1. The Labute approximate surface area is 106 Å². The fourth-order valence-electron chi connectivity index (χ4n) is 1.79. The summed E-state index contributed by atoms with van der Waals surface area (Å²) in [5, 5.41) is 13.3. The Morgan fingerprint density at radius 2 is 2.16 bits per heavy atom. The molecule has 0 aliphatic carbocycles. The number of aromatic nitrogens is 4. The summed E-state index contributed by atoms with van der Waals surface area (Å²) in [6.07, 6.45) is 1.32. The maximum atomic E-state index is 11.9. The van der Waals surface area contributed by atoms with E-state index in [-0.39, 0.29) is 22.9 Å². The van der Waals surface area contributed by atoms with Crippen LogP contribution in [0, 0.1) is 11.3 Å². The Bertz CT molecular complexity index is 870. The second-order valence-electron chi connectivity index (χ2n) is 3.87. The van der Waals surface area contributed by atoms with Crippen LogP contribution in [0.1, 0.15) is 5.56 Å². The molecule has 0 fully saturated rings. The van der Waals surface area contributed by atoms with E-state index in [4.69, 9.17) is 11.0 Å². The molecule has 1 aromatic carbocycles. The van der Waals surface area contributed by atoms with Gasteiger partial charge < -0.3 is 5.73 Å². The van der Waals surface area contributed by atoms with Crippen molar-refractivity contribution in [3.63, 3.8) is 0 Å². The topological polar surface area (TPSA) is 113 Å². The molecule has 2 aromatic heterocycles. The minimum atomic E-state index is -0.283.